The Kier molecular flexibility index (Phi) is 4.59. The lowest BCUT2D eigenvalue weighted by molar-refractivity contribution is 0.310. The van der Waals surface area contributed by atoms with Crippen molar-refractivity contribution in [3.8, 4) is 11.5 Å². The molecule has 5 rings (SSSR count). The average molecular weight is 406 g/mol. The molecule has 0 unspecified atom stereocenters. The Hall–Kier alpha value is -2.73. The number of hydrogen-bond donors (Lipinski definition) is 0. The van der Waals surface area contributed by atoms with Crippen molar-refractivity contribution >= 4 is 27.7 Å². The van der Waals surface area contributed by atoms with Gasteiger partial charge in [-0.05, 0) is 41.1 Å². The molecule has 2 aromatic carbocycles. The molecule has 3 atom stereocenters. The highest BCUT2D eigenvalue weighted by molar-refractivity contribution is 8.14. The van der Waals surface area contributed by atoms with Crippen LogP contribution in [0.5, 0.6) is 11.5 Å². The van der Waals surface area contributed by atoms with Crippen LogP contribution in [0.2, 0.25) is 0 Å². The van der Waals surface area contributed by atoms with Crippen LogP contribution in [0.25, 0.3) is 10.8 Å². The number of amidine groups is 1. The molecule has 1 saturated heterocycles. The lowest BCUT2D eigenvalue weighted by Crippen LogP contribution is -2.29. The lowest BCUT2D eigenvalue weighted by Gasteiger charge is -2.29. The van der Waals surface area contributed by atoms with Gasteiger partial charge < -0.3 is 14.4 Å². The Morgan fingerprint density at radius 3 is 2.69 bits per heavy atom. The van der Waals surface area contributed by atoms with Gasteiger partial charge in [0.2, 0.25) is 0 Å². The fourth-order valence-corrected chi connectivity index (χ4v) is 5.43. The zero-order chi connectivity index (χ0) is 20.0. The molecule has 1 fully saturated rings. The van der Waals surface area contributed by atoms with Crippen molar-refractivity contribution in [2.24, 2.45) is 4.99 Å². The Labute approximate surface area is 174 Å². The molecule has 2 aliphatic rings. The molecule has 0 radical (unpaired) electrons. The number of rotatable bonds is 4. The second-order valence-corrected chi connectivity index (χ2v) is 8.81. The maximum Gasteiger partial charge on any atom is 0.160 e. The van der Waals surface area contributed by atoms with Gasteiger partial charge in [0.05, 0.1) is 26.0 Å². The second-order valence-electron chi connectivity index (χ2n) is 7.41. The smallest absolute Gasteiger partial charge is 0.160 e. The van der Waals surface area contributed by atoms with Crippen molar-refractivity contribution in [1.29, 1.82) is 0 Å². The third-order valence-corrected chi connectivity index (χ3v) is 6.73. The van der Waals surface area contributed by atoms with Crippen LogP contribution in [-0.4, -0.2) is 41.1 Å². The molecule has 0 saturated carbocycles. The zero-order valence-electron chi connectivity index (χ0n) is 16.7. The number of aliphatic imine (C=N–C) groups is 1. The minimum Gasteiger partial charge on any atom is -0.497 e. The van der Waals surface area contributed by atoms with Crippen LogP contribution in [0, 0.1) is 0 Å². The van der Waals surface area contributed by atoms with E-state index in [0.29, 0.717) is 5.25 Å². The van der Waals surface area contributed by atoms with E-state index in [1.54, 1.807) is 14.2 Å². The van der Waals surface area contributed by atoms with E-state index in [1.165, 1.54) is 0 Å². The van der Waals surface area contributed by atoms with Crippen LogP contribution in [0.3, 0.4) is 0 Å². The molecule has 5 nitrogen and oxygen atoms in total. The van der Waals surface area contributed by atoms with Gasteiger partial charge in [0.25, 0.3) is 0 Å². The van der Waals surface area contributed by atoms with Crippen molar-refractivity contribution in [1.82, 2.24) is 9.88 Å². The fraction of sp³-hybridized carbons (Fsp3) is 0.304. The summed E-state index contributed by atoms with van der Waals surface area (Å²) >= 11 is 1.84. The van der Waals surface area contributed by atoms with E-state index in [1.807, 2.05) is 36.2 Å². The van der Waals surface area contributed by atoms with Crippen LogP contribution >= 0.6 is 11.8 Å². The maximum absolute atomic E-state index is 5.85. The van der Waals surface area contributed by atoms with Gasteiger partial charge in [-0.3, -0.25) is 9.98 Å². The third kappa shape index (κ3) is 3.02. The highest BCUT2D eigenvalue weighted by Crippen LogP contribution is 2.51. The maximum atomic E-state index is 5.85. The van der Waals surface area contributed by atoms with Gasteiger partial charge in [-0.1, -0.05) is 36.9 Å². The molecule has 148 valence electrons. The lowest BCUT2D eigenvalue weighted by atomic mass is 9.91. The monoisotopic (exact) mass is 405 g/mol. The van der Waals surface area contributed by atoms with Crippen LogP contribution in [0.4, 0.5) is 0 Å². The van der Waals surface area contributed by atoms with E-state index in [0.717, 1.165) is 45.2 Å². The second kappa shape index (κ2) is 7.26. The van der Waals surface area contributed by atoms with Crippen LogP contribution in [-0.2, 0) is 0 Å². The number of methoxy groups -OCH3 is 2. The van der Waals surface area contributed by atoms with Crippen molar-refractivity contribution in [2.75, 3.05) is 20.8 Å². The number of benzene rings is 2. The van der Waals surface area contributed by atoms with Gasteiger partial charge in [0.1, 0.15) is 17.5 Å². The summed E-state index contributed by atoms with van der Waals surface area (Å²) in [4.78, 5) is 12.2. The minimum atomic E-state index is -0.0723. The number of nitrogens with zero attached hydrogens (tertiary/aromatic N) is 3. The topological polar surface area (TPSA) is 47.0 Å². The molecule has 3 heterocycles. The van der Waals surface area contributed by atoms with Gasteiger partial charge in [0, 0.05) is 23.6 Å². The third-order valence-electron chi connectivity index (χ3n) is 5.63. The Morgan fingerprint density at radius 2 is 1.93 bits per heavy atom. The molecule has 0 spiro atoms. The first-order valence-corrected chi connectivity index (χ1v) is 10.6. The molecule has 0 amide bonds. The molecule has 0 bridgehead atoms. The summed E-state index contributed by atoms with van der Waals surface area (Å²) in [6, 6.07) is 16.4. The first-order chi connectivity index (χ1) is 14.2. The van der Waals surface area contributed by atoms with Crippen molar-refractivity contribution < 1.29 is 9.47 Å². The molecule has 1 aromatic heterocycles. The van der Waals surface area contributed by atoms with E-state index in [9.17, 15) is 0 Å². The molecule has 29 heavy (non-hydrogen) atoms. The van der Waals surface area contributed by atoms with Crippen LogP contribution < -0.4 is 9.47 Å². The van der Waals surface area contributed by atoms with Crippen molar-refractivity contribution in [3.05, 3.63) is 66.0 Å². The van der Waals surface area contributed by atoms with E-state index in [2.05, 4.69) is 47.1 Å². The number of fused-ring (bicyclic) bond motifs is 2. The number of pyridine rings is 1. The highest BCUT2D eigenvalue weighted by Gasteiger charge is 2.45. The molecule has 6 heteroatoms. The predicted octanol–water partition coefficient (Wildman–Crippen LogP) is 4.84. The number of aromatic nitrogens is 1. The quantitative estimate of drug-likeness (QED) is 0.621. The highest BCUT2D eigenvalue weighted by atomic mass is 32.2. The zero-order valence-corrected chi connectivity index (χ0v) is 17.5. The first kappa shape index (κ1) is 18.3. The van der Waals surface area contributed by atoms with E-state index < -0.39 is 0 Å². The molecule has 3 aromatic rings. The number of ether oxygens (including phenoxy) is 2. The summed E-state index contributed by atoms with van der Waals surface area (Å²) in [5.41, 5.74) is 2.13. The van der Waals surface area contributed by atoms with Gasteiger partial charge in [0.15, 0.2) is 5.17 Å². The number of thioether (sulfide) groups is 1. The van der Waals surface area contributed by atoms with E-state index in [-0.39, 0.29) is 12.1 Å². The SMILES string of the molecule is COc1ccc2ccc(OC)c([C@@H]3[C@H](c4ccccn4)N=C4S[C@H](C)CN43)c2c1. The molecule has 2 aliphatic heterocycles. The molecule has 0 aliphatic carbocycles. The minimum absolute atomic E-state index is 0.0307. The largest absolute Gasteiger partial charge is 0.497 e. The molecule has 0 N–H and O–H groups in total. The summed E-state index contributed by atoms with van der Waals surface area (Å²) in [6.45, 7) is 3.21. The van der Waals surface area contributed by atoms with Crippen molar-refractivity contribution in [2.45, 2.75) is 24.3 Å². The summed E-state index contributed by atoms with van der Waals surface area (Å²) in [7, 11) is 3.44. The van der Waals surface area contributed by atoms with Crippen molar-refractivity contribution in [3.63, 3.8) is 0 Å². The summed E-state index contributed by atoms with van der Waals surface area (Å²) in [5.74, 6) is 1.71. The normalized spacial score (nSPS) is 23.2. The van der Waals surface area contributed by atoms with Crippen LogP contribution in [0.1, 0.15) is 30.3 Å². The standard InChI is InChI=1S/C23H23N3O2S/c1-14-13-26-22(21(25-23(26)29-14)18-6-4-5-11-24-18)20-17-12-16(27-2)9-7-15(17)8-10-19(20)28-3/h4-12,14,21-22H,13H2,1-3H3/t14-,21+,22-/m1/s1. The summed E-state index contributed by atoms with van der Waals surface area (Å²) in [6.07, 6.45) is 1.84. The predicted molar refractivity (Wildman–Crippen MR) is 118 cm³/mol. The summed E-state index contributed by atoms with van der Waals surface area (Å²) in [5, 5.41) is 3.90. The van der Waals surface area contributed by atoms with E-state index in [4.69, 9.17) is 14.5 Å². The Morgan fingerprint density at radius 1 is 1.07 bits per heavy atom. The molecular weight excluding hydrogens is 382 g/mol. The van der Waals surface area contributed by atoms with Gasteiger partial charge in [-0.2, -0.15) is 0 Å². The van der Waals surface area contributed by atoms with Gasteiger partial charge in [-0.15, -0.1) is 0 Å². The number of hydrogen-bond acceptors (Lipinski definition) is 6. The Bertz CT molecular complexity index is 1080. The fourth-order valence-electron chi connectivity index (χ4n) is 4.34. The van der Waals surface area contributed by atoms with E-state index >= 15 is 0 Å². The first-order valence-electron chi connectivity index (χ1n) is 9.76. The Balaban J connectivity index is 1.74. The van der Waals surface area contributed by atoms with Gasteiger partial charge >= 0.3 is 0 Å². The van der Waals surface area contributed by atoms with Crippen LogP contribution in [0.15, 0.2) is 59.7 Å². The molecular formula is C23H23N3O2S. The van der Waals surface area contributed by atoms with Gasteiger partial charge in [-0.25, -0.2) is 0 Å². The average Bonchev–Trinajstić information content (AvgIpc) is 3.29. The summed E-state index contributed by atoms with van der Waals surface area (Å²) < 4.78 is 11.4.